The smallest absolute Gasteiger partial charge is 0.153 e. The van der Waals surface area contributed by atoms with Gasteiger partial charge < -0.3 is 9.51 Å². The third-order valence-electron chi connectivity index (χ3n) is 4.93. The van der Waals surface area contributed by atoms with E-state index < -0.39 is 0 Å². The minimum absolute atomic E-state index is 0.0392. The summed E-state index contributed by atoms with van der Waals surface area (Å²) >= 11 is 0. The molecule has 1 aliphatic heterocycles. The molecule has 5 heterocycles. The van der Waals surface area contributed by atoms with E-state index in [0.717, 1.165) is 40.5 Å². The number of aliphatic hydroxyl groups is 1. The van der Waals surface area contributed by atoms with Gasteiger partial charge in [-0.2, -0.15) is 10.2 Å². The molecule has 0 fully saturated rings. The van der Waals surface area contributed by atoms with Crippen molar-refractivity contribution in [2.75, 3.05) is 13.6 Å². The van der Waals surface area contributed by atoms with E-state index in [4.69, 9.17) is 5.10 Å². The van der Waals surface area contributed by atoms with Crippen LogP contribution in [0.2, 0.25) is 0 Å². The number of hydrazone groups is 1. The number of rotatable bonds is 4. The highest BCUT2D eigenvalue weighted by Crippen LogP contribution is 2.19. The Labute approximate surface area is 155 Å². The predicted molar refractivity (Wildman–Crippen MR) is 101 cm³/mol. The Balaban J connectivity index is 1.50. The second-order valence-corrected chi connectivity index (χ2v) is 6.84. The molecule has 0 bridgehead atoms. The predicted octanol–water partition coefficient (Wildman–Crippen LogP) is 1.47. The summed E-state index contributed by atoms with van der Waals surface area (Å²) in [6, 6.07) is 8.03. The van der Waals surface area contributed by atoms with Crippen LogP contribution in [0.15, 0.2) is 48.0 Å². The molecule has 0 saturated heterocycles. The molecule has 0 saturated carbocycles. The first-order valence-corrected chi connectivity index (χ1v) is 8.86. The first-order chi connectivity index (χ1) is 13.2. The fourth-order valence-corrected chi connectivity index (χ4v) is 3.50. The molecule has 0 amide bonds. The lowest BCUT2D eigenvalue weighted by Gasteiger charge is -2.10. The average molecular weight is 361 g/mol. The molecule has 136 valence electrons. The number of pyridine rings is 1. The van der Waals surface area contributed by atoms with Crippen molar-refractivity contribution in [1.29, 1.82) is 0 Å². The average Bonchev–Trinajstić information content (AvgIpc) is 3.40. The summed E-state index contributed by atoms with van der Waals surface area (Å²) in [6.07, 6.45) is 8.20. The van der Waals surface area contributed by atoms with Gasteiger partial charge in [-0.1, -0.05) is 6.07 Å². The molecule has 27 heavy (non-hydrogen) atoms. The van der Waals surface area contributed by atoms with Gasteiger partial charge in [-0.05, 0) is 23.8 Å². The van der Waals surface area contributed by atoms with Crippen LogP contribution in [0, 0.1) is 0 Å². The van der Waals surface area contributed by atoms with Crippen LogP contribution in [-0.4, -0.2) is 53.9 Å². The molecule has 1 N–H and O–H groups in total. The number of likely N-dealkylation sites (N-methyl/N-ethyl adjacent to an activating group) is 1. The molecule has 5 rings (SSSR count). The number of hydrogen-bond acceptors (Lipinski definition) is 6. The molecule has 1 aliphatic rings. The fourth-order valence-electron chi connectivity index (χ4n) is 3.50. The summed E-state index contributed by atoms with van der Waals surface area (Å²) in [4.78, 5) is 8.78. The van der Waals surface area contributed by atoms with Gasteiger partial charge in [0.05, 0.1) is 42.0 Å². The fraction of sp³-hybridized carbons (Fsp3) is 0.263. The third-order valence-corrected chi connectivity index (χ3v) is 4.93. The van der Waals surface area contributed by atoms with Crippen LogP contribution in [0.4, 0.5) is 0 Å². The number of fused-ring (bicyclic) bond motifs is 2. The zero-order valence-electron chi connectivity index (χ0n) is 14.9. The Morgan fingerprint density at radius 3 is 2.70 bits per heavy atom. The molecule has 0 aromatic carbocycles. The van der Waals surface area contributed by atoms with Crippen molar-refractivity contribution in [2.24, 2.45) is 5.10 Å². The van der Waals surface area contributed by atoms with Crippen molar-refractivity contribution in [3.05, 3.63) is 65.5 Å². The van der Waals surface area contributed by atoms with E-state index in [-0.39, 0.29) is 12.5 Å². The Morgan fingerprint density at radius 2 is 1.89 bits per heavy atom. The highest BCUT2D eigenvalue weighted by molar-refractivity contribution is 5.69. The van der Waals surface area contributed by atoms with Crippen LogP contribution in [0.25, 0.3) is 11.3 Å². The lowest BCUT2D eigenvalue weighted by molar-refractivity contribution is 0.276. The van der Waals surface area contributed by atoms with Gasteiger partial charge >= 0.3 is 0 Å². The topological polar surface area (TPSA) is 83.3 Å². The SMILES string of the molecule is CN1CC(c2ccc3ncc(Cc4ccc5ncc(CO)n5c4)n3n2)C=N1. The van der Waals surface area contributed by atoms with Crippen LogP contribution in [0.1, 0.15) is 28.6 Å². The van der Waals surface area contributed by atoms with E-state index in [0.29, 0.717) is 6.42 Å². The Bertz CT molecular complexity index is 1160. The maximum Gasteiger partial charge on any atom is 0.153 e. The molecule has 8 nitrogen and oxygen atoms in total. The summed E-state index contributed by atoms with van der Waals surface area (Å²) in [5.41, 5.74) is 5.53. The minimum Gasteiger partial charge on any atom is -0.390 e. The van der Waals surface area contributed by atoms with Crippen LogP contribution in [-0.2, 0) is 13.0 Å². The summed E-state index contributed by atoms with van der Waals surface area (Å²) in [5, 5.41) is 20.5. The molecule has 8 heteroatoms. The van der Waals surface area contributed by atoms with E-state index in [1.165, 1.54) is 0 Å². The summed E-state index contributed by atoms with van der Waals surface area (Å²) in [7, 11) is 1.96. The maximum absolute atomic E-state index is 9.47. The van der Waals surface area contributed by atoms with E-state index in [9.17, 15) is 5.11 Å². The van der Waals surface area contributed by atoms with Gasteiger partial charge in [0.25, 0.3) is 0 Å². The van der Waals surface area contributed by atoms with Gasteiger partial charge in [0.15, 0.2) is 5.65 Å². The van der Waals surface area contributed by atoms with Crippen LogP contribution >= 0.6 is 0 Å². The Hall–Kier alpha value is -3.26. The van der Waals surface area contributed by atoms with E-state index >= 15 is 0 Å². The molecule has 0 aliphatic carbocycles. The first kappa shape index (κ1) is 16.0. The zero-order chi connectivity index (χ0) is 18.4. The largest absolute Gasteiger partial charge is 0.390 e. The number of nitrogens with zero attached hydrogens (tertiary/aromatic N) is 7. The first-order valence-electron chi connectivity index (χ1n) is 8.86. The Morgan fingerprint density at radius 1 is 1.07 bits per heavy atom. The van der Waals surface area contributed by atoms with Crippen molar-refractivity contribution in [2.45, 2.75) is 18.9 Å². The third kappa shape index (κ3) is 2.74. The normalized spacial score (nSPS) is 16.8. The van der Waals surface area contributed by atoms with E-state index in [1.807, 2.05) is 63.8 Å². The van der Waals surface area contributed by atoms with Crippen molar-refractivity contribution >= 4 is 17.5 Å². The number of aromatic nitrogens is 5. The molecule has 0 spiro atoms. The molecular formula is C19H19N7O. The molecule has 1 atom stereocenters. The van der Waals surface area contributed by atoms with Gasteiger partial charge in [0.1, 0.15) is 5.65 Å². The molecule has 1 unspecified atom stereocenters. The second-order valence-electron chi connectivity index (χ2n) is 6.84. The molecule has 0 radical (unpaired) electrons. The van der Waals surface area contributed by atoms with Gasteiger partial charge in [-0.15, -0.1) is 0 Å². The van der Waals surface area contributed by atoms with Crippen molar-refractivity contribution in [3.63, 3.8) is 0 Å². The number of aliphatic hydroxyl groups excluding tert-OH is 1. The monoisotopic (exact) mass is 361 g/mol. The minimum atomic E-state index is -0.0392. The quantitative estimate of drug-likeness (QED) is 0.595. The summed E-state index contributed by atoms with van der Waals surface area (Å²) in [6.45, 7) is 0.798. The summed E-state index contributed by atoms with van der Waals surface area (Å²) < 4.78 is 3.83. The maximum atomic E-state index is 9.47. The highest BCUT2D eigenvalue weighted by Gasteiger charge is 2.19. The van der Waals surface area contributed by atoms with Crippen LogP contribution in [0.5, 0.6) is 0 Å². The molecular weight excluding hydrogens is 342 g/mol. The molecule has 4 aromatic heterocycles. The van der Waals surface area contributed by atoms with Gasteiger partial charge in [-0.25, -0.2) is 14.5 Å². The van der Waals surface area contributed by atoms with Crippen LogP contribution < -0.4 is 0 Å². The number of imidazole rings is 2. The van der Waals surface area contributed by atoms with E-state index in [1.54, 1.807) is 6.20 Å². The van der Waals surface area contributed by atoms with Crippen LogP contribution in [0.3, 0.4) is 0 Å². The Kier molecular flexibility index (Phi) is 3.64. The second kappa shape index (κ2) is 6.17. The van der Waals surface area contributed by atoms with E-state index in [2.05, 4.69) is 15.1 Å². The highest BCUT2D eigenvalue weighted by atomic mass is 16.3. The van der Waals surface area contributed by atoms with Crippen molar-refractivity contribution in [3.8, 4) is 0 Å². The van der Waals surface area contributed by atoms with Gasteiger partial charge in [-0.3, -0.25) is 5.01 Å². The lowest BCUT2D eigenvalue weighted by Crippen LogP contribution is -2.14. The zero-order valence-corrected chi connectivity index (χ0v) is 14.9. The van der Waals surface area contributed by atoms with Crippen molar-refractivity contribution in [1.82, 2.24) is 29.0 Å². The van der Waals surface area contributed by atoms with Crippen molar-refractivity contribution < 1.29 is 5.11 Å². The lowest BCUT2D eigenvalue weighted by atomic mass is 10.1. The summed E-state index contributed by atoms with van der Waals surface area (Å²) in [5.74, 6) is 0.198. The van der Waals surface area contributed by atoms with Gasteiger partial charge in [0, 0.05) is 32.4 Å². The van der Waals surface area contributed by atoms with Gasteiger partial charge in [0.2, 0.25) is 0 Å². The number of hydrogen-bond donors (Lipinski definition) is 1. The molecule has 4 aromatic rings. The standard InChI is InChI=1S/C19H19N7O/c1-24-11-14(7-22-24)17-3-5-19-21-8-15(26(19)23-17)6-13-2-4-18-20-9-16(12-27)25(18)10-13/h2-5,7-10,14,27H,6,11-12H2,1H3.